The highest BCUT2D eigenvalue weighted by atomic mass is 19.1. The normalized spacial score (nSPS) is 29.9. The molecule has 2 bridgehead atoms. The fourth-order valence-corrected chi connectivity index (χ4v) is 5.06. The van der Waals surface area contributed by atoms with E-state index in [0.29, 0.717) is 18.8 Å². The van der Waals surface area contributed by atoms with Gasteiger partial charge in [0.25, 0.3) is 5.56 Å². The minimum atomic E-state index is -0.899. The van der Waals surface area contributed by atoms with Crippen molar-refractivity contribution in [2.45, 2.75) is 75.2 Å². The highest BCUT2D eigenvalue weighted by molar-refractivity contribution is 5.17. The van der Waals surface area contributed by atoms with Crippen molar-refractivity contribution in [3.8, 4) is 0 Å². The topological polar surface area (TPSA) is 58.4 Å². The van der Waals surface area contributed by atoms with Crippen LogP contribution in [-0.2, 0) is 13.1 Å². The second-order valence-corrected chi connectivity index (χ2v) is 8.84. The Hall–Kier alpha value is -2.05. The zero-order valence-electron chi connectivity index (χ0n) is 15.9. The molecule has 1 aromatic heterocycles. The molecule has 1 unspecified atom stereocenters. The molecule has 0 radical (unpaired) electrons. The third kappa shape index (κ3) is 3.51. The summed E-state index contributed by atoms with van der Waals surface area (Å²) in [6.07, 6.45) is 5.67. The summed E-state index contributed by atoms with van der Waals surface area (Å²) in [7, 11) is 0. The molecule has 28 heavy (non-hydrogen) atoms. The summed E-state index contributed by atoms with van der Waals surface area (Å²) in [6, 6.07) is 10.7. The Bertz CT molecular complexity index is 908. The van der Waals surface area contributed by atoms with Crippen molar-refractivity contribution < 1.29 is 9.50 Å². The lowest BCUT2D eigenvalue weighted by Gasteiger charge is -2.43. The van der Waals surface area contributed by atoms with E-state index in [0.717, 1.165) is 43.5 Å². The van der Waals surface area contributed by atoms with Crippen molar-refractivity contribution in [2.75, 3.05) is 0 Å². The summed E-state index contributed by atoms with van der Waals surface area (Å²) < 4.78 is 14.6. The van der Waals surface area contributed by atoms with E-state index >= 15 is 0 Å². The maximum absolute atomic E-state index is 13.2. The first kappa shape index (κ1) is 18.0. The molecule has 3 atom stereocenters. The monoisotopic (exact) mass is 383 g/mol. The minimum absolute atomic E-state index is 0.140. The van der Waals surface area contributed by atoms with Crippen LogP contribution in [0.4, 0.5) is 4.39 Å². The quantitative estimate of drug-likeness (QED) is 0.863. The van der Waals surface area contributed by atoms with E-state index < -0.39 is 5.60 Å². The summed E-state index contributed by atoms with van der Waals surface area (Å²) in [4.78, 5) is 14.7. The zero-order chi connectivity index (χ0) is 19.3. The molecule has 6 heteroatoms. The Morgan fingerprint density at radius 1 is 1.04 bits per heavy atom. The Morgan fingerprint density at radius 2 is 1.71 bits per heavy atom. The zero-order valence-corrected chi connectivity index (χ0v) is 15.9. The molecule has 1 N–H and O–H groups in total. The summed E-state index contributed by atoms with van der Waals surface area (Å²) in [5, 5.41) is 15.9. The molecule has 1 saturated carbocycles. The summed E-state index contributed by atoms with van der Waals surface area (Å²) in [6.45, 7) is 1.05. The maximum atomic E-state index is 13.2. The molecular formula is C22H26FN3O2. The number of nitrogens with zero attached hydrogens (tertiary/aromatic N) is 3. The van der Waals surface area contributed by atoms with Gasteiger partial charge in [-0.05, 0) is 62.3 Å². The third-order valence-corrected chi connectivity index (χ3v) is 6.61. The van der Waals surface area contributed by atoms with Crippen molar-refractivity contribution in [1.29, 1.82) is 0 Å². The van der Waals surface area contributed by atoms with Crippen molar-refractivity contribution in [3.05, 3.63) is 63.8 Å². The van der Waals surface area contributed by atoms with Crippen molar-refractivity contribution in [1.82, 2.24) is 14.7 Å². The predicted molar refractivity (Wildman–Crippen MR) is 103 cm³/mol. The number of fused-ring (bicyclic) bond motifs is 2. The first-order valence-corrected chi connectivity index (χ1v) is 10.3. The Kier molecular flexibility index (Phi) is 4.36. The van der Waals surface area contributed by atoms with Gasteiger partial charge in [0.1, 0.15) is 5.82 Å². The van der Waals surface area contributed by atoms with Crippen molar-refractivity contribution >= 4 is 0 Å². The van der Waals surface area contributed by atoms with Gasteiger partial charge in [0, 0.05) is 30.6 Å². The van der Waals surface area contributed by atoms with Crippen LogP contribution in [0.25, 0.3) is 0 Å². The van der Waals surface area contributed by atoms with Crippen LogP contribution in [-0.4, -0.2) is 37.5 Å². The number of halogens is 1. The van der Waals surface area contributed by atoms with E-state index in [2.05, 4.69) is 10.00 Å². The highest BCUT2D eigenvalue weighted by Crippen LogP contribution is 2.42. The molecule has 5 nitrogen and oxygen atoms in total. The number of hydrogen-bond acceptors (Lipinski definition) is 4. The van der Waals surface area contributed by atoms with Gasteiger partial charge in [0.15, 0.2) is 0 Å². The Morgan fingerprint density at radius 3 is 2.36 bits per heavy atom. The molecule has 148 valence electrons. The SMILES string of the molecule is O=c1ccc(C2CC2)nn1CC1(O)C[C@H]2CC[C@@H](C1)N2Cc1ccc(F)cc1. The van der Waals surface area contributed by atoms with Crippen LogP contribution in [0, 0.1) is 5.82 Å². The van der Waals surface area contributed by atoms with Crippen molar-refractivity contribution in [3.63, 3.8) is 0 Å². The van der Waals surface area contributed by atoms with Crippen LogP contribution < -0.4 is 5.56 Å². The van der Waals surface area contributed by atoms with Crippen LogP contribution in [0.1, 0.15) is 55.7 Å². The largest absolute Gasteiger partial charge is 0.388 e. The lowest BCUT2D eigenvalue weighted by molar-refractivity contribution is -0.0678. The van der Waals surface area contributed by atoms with Gasteiger partial charge in [0.05, 0.1) is 17.8 Å². The average Bonchev–Trinajstić information content (AvgIpc) is 3.47. The molecule has 3 aliphatic rings. The molecule has 2 aliphatic heterocycles. The molecule has 1 aromatic carbocycles. The number of benzene rings is 1. The van der Waals surface area contributed by atoms with Gasteiger partial charge >= 0.3 is 0 Å². The Labute approximate surface area is 163 Å². The van der Waals surface area contributed by atoms with Gasteiger partial charge in [-0.2, -0.15) is 5.10 Å². The molecule has 0 amide bonds. The van der Waals surface area contributed by atoms with Gasteiger partial charge in [-0.3, -0.25) is 9.69 Å². The van der Waals surface area contributed by atoms with Crippen LogP contribution in [0.2, 0.25) is 0 Å². The fourth-order valence-electron chi connectivity index (χ4n) is 5.06. The first-order valence-electron chi connectivity index (χ1n) is 10.3. The second kappa shape index (κ2) is 6.78. The van der Waals surface area contributed by atoms with Crippen LogP contribution in [0.15, 0.2) is 41.2 Å². The number of aromatic nitrogens is 2. The molecule has 2 aromatic rings. The van der Waals surface area contributed by atoms with Crippen molar-refractivity contribution in [2.24, 2.45) is 0 Å². The number of hydrogen-bond donors (Lipinski definition) is 1. The minimum Gasteiger partial charge on any atom is -0.388 e. The molecule has 2 saturated heterocycles. The smallest absolute Gasteiger partial charge is 0.266 e. The predicted octanol–water partition coefficient (Wildman–Crippen LogP) is 2.82. The highest BCUT2D eigenvalue weighted by Gasteiger charge is 2.47. The van der Waals surface area contributed by atoms with Gasteiger partial charge in [-0.1, -0.05) is 12.1 Å². The van der Waals surface area contributed by atoms with Gasteiger partial charge in [0.2, 0.25) is 0 Å². The van der Waals surface area contributed by atoms with E-state index in [9.17, 15) is 14.3 Å². The van der Waals surface area contributed by atoms with Gasteiger partial charge in [-0.25, -0.2) is 9.07 Å². The molecule has 3 fully saturated rings. The van der Waals surface area contributed by atoms with E-state index in [1.54, 1.807) is 6.07 Å². The second-order valence-electron chi connectivity index (χ2n) is 8.84. The van der Waals surface area contributed by atoms with E-state index in [4.69, 9.17) is 0 Å². The van der Waals surface area contributed by atoms with E-state index in [1.807, 2.05) is 18.2 Å². The number of rotatable bonds is 5. The van der Waals surface area contributed by atoms with E-state index in [-0.39, 0.29) is 30.0 Å². The lowest BCUT2D eigenvalue weighted by atomic mass is 9.85. The number of aliphatic hydroxyl groups is 1. The first-order chi connectivity index (χ1) is 13.5. The number of piperidine rings is 1. The van der Waals surface area contributed by atoms with Crippen LogP contribution >= 0.6 is 0 Å². The standard InChI is InChI=1S/C22H26FN3O2/c23-17-5-1-15(2-6-17)13-25-18-7-8-19(25)12-22(28,11-18)14-26-21(27)10-9-20(24-26)16-3-4-16/h1-2,5-6,9-10,16,18-19,28H,3-4,7-8,11-14H2/t18-,19+,22?. The maximum Gasteiger partial charge on any atom is 0.266 e. The Balaban J connectivity index is 1.31. The van der Waals surface area contributed by atoms with Crippen LogP contribution in [0.3, 0.4) is 0 Å². The lowest BCUT2D eigenvalue weighted by Crippen LogP contribution is -2.53. The molecule has 5 rings (SSSR count). The molecule has 1 aliphatic carbocycles. The van der Waals surface area contributed by atoms with Gasteiger partial charge < -0.3 is 5.11 Å². The van der Waals surface area contributed by atoms with Crippen LogP contribution in [0.5, 0.6) is 0 Å². The fraction of sp³-hybridized carbons (Fsp3) is 0.545. The molecule has 0 spiro atoms. The van der Waals surface area contributed by atoms with Gasteiger partial charge in [-0.15, -0.1) is 0 Å². The van der Waals surface area contributed by atoms with E-state index in [1.165, 1.54) is 16.8 Å². The summed E-state index contributed by atoms with van der Waals surface area (Å²) in [5.74, 6) is 0.265. The molecule has 3 heterocycles. The summed E-state index contributed by atoms with van der Waals surface area (Å²) >= 11 is 0. The summed E-state index contributed by atoms with van der Waals surface area (Å²) in [5.41, 5.74) is 1.03. The average molecular weight is 383 g/mol. The molecular weight excluding hydrogens is 357 g/mol. The third-order valence-electron chi connectivity index (χ3n) is 6.61.